The summed E-state index contributed by atoms with van der Waals surface area (Å²) in [6, 6.07) is 3.56. The quantitative estimate of drug-likeness (QED) is 0.805. The first-order valence-electron chi connectivity index (χ1n) is 5.63. The Morgan fingerprint density at radius 1 is 1.17 bits per heavy atom. The third-order valence-electron chi connectivity index (χ3n) is 2.54. The lowest BCUT2D eigenvalue weighted by atomic mass is 10.1. The molecule has 0 unspecified atom stereocenters. The van der Waals surface area contributed by atoms with E-state index in [0.29, 0.717) is 0 Å². The van der Waals surface area contributed by atoms with Crippen LogP contribution in [0.1, 0.15) is 16.7 Å². The Hall–Kier alpha value is -2.04. The monoisotopic (exact) mass is 250 g/mol. The summed E-state index contributed by atoms with van der Waals surface area (Å²) in [5, 5.41) is 5.15. The van der Waals surface area contributed by atoms with E-state index in [1.54, 1.807) is 0 Å². The van der Waals surface area contributed by atoms with Crippen molar-refractivity contribution in [3.8, 4) is 0 Å². The average Bonchev–Trinajstić information content (AvgIpc) is 2.30. The molecule has 1 aromatic carbocycles. The van der Waals surface area contributed by atoms with Crippen molar-refractivity contribution >= 4 is 17.7 Å². The summed E-state index contributed by atoms with van der Waals surface area (Å²) in [6.07, 6.45) is 0. The van der Waals surface area contributed by atoms with Gasteiger partial charge in [0.1, 0.15) is 6.54 Å². The summed E-state index contributed by atoms with van der Waals surface area (Å²) < 4.78 is 4.43. The number of nitrogens with one attached hydrogen (secondary N) is 2. The van der Waals surface area contributed by atoms with E-state index in [2.05, 4.69) is 15.4 Å². The minimum absolute atomic E-state index is 0.147. The number of benzene rings is 1. The van der Waals surface area contributed by atoms with Gasteiger partial charge in [-0.25, -0.2) is 4.79 Å². The van der Waals surface area contributed by atoms with E-state index in [9.17, 15) is 9.59 Å². The number of carbonyl (C=O) groups excluding carboxylic acids is 2. The molecule has 98 valence electrons. The maximum absolute atomic E-state index is 11.6. The molecular weight excluding hydrogens is 232 g/mol. The number of rotatable bonds is 3. The highest BCUT2D eigenvalue weighted by atomic mass is 16.5. The number of esters is 1. The van der Waals surface area contributed by atoms with Crippen molar-refractivity contribution in [1.82, 2.24) is 5.32 Å². The van der Waals surface area contributed by atoms with Crippen LogP contribution in [-0.4, -0.2) is 25.7 Å². The number of ether oxygens (including phenoxy) is 1. The molecule has 0 aromatic heterocycles. The molecule has 0 aliphatic carbocycles. The molecule has 0 atom stereocenters. The molecule has 0 aliphatic rings. The Morgan fingerprint density at radius 3 is 2.22 bits per heavy atom. The molecule has 1 rings (SSSR count). The van der Waals surface area contributed by atoms with E-state index < -0.39 is 12.0 Å². The lowest BCUT2D eigenvalue weighted by Gasteiger charge is -2.13. The van der Waals surface area contributed by atoms with Crippen LogP contribution in [0.5, 0.6) is 0 Å². The van der Waals surface area contributed by atoms with Gasteiger partial charge in [-0.2, -0.15) is 0 Å². The molecular formula is C13H18N2O3. The molecule has 2 amide bonds. The first kappa shape index (κ1) is 14.0. The van der Waals surface area contributed by atoms with E-state index in [1.165, 1.54) is 7.11 Å². The van der Waals surface area contributed by atoms with E-state index >= 15 is 0 Å². The van der Waals surface area contributed by atoms with Crippen molar-refractivity contribution in [2.75, 3.05) is 19.0 Å². The number of urea groups is 1. The molecule has 5 nitrogen and oxygen atoms in total. The Bertz CT molecular complexity index is 446. The molecule has 0 radical (unpaired) electrons. The minimum atomic E-state index is -0.484. The predicted octanol–water partition coefficient (Wildman–Crippen LogP) is 1.91. The van der Waals surface area contributed by atoms with Crippen molar-refractivity contribution in [1.29, 1.82) is 0 Å². The van der Waals surface area contributed by atoms with Gasteiger partial charge in [-0.05, 0) is 31.9 Å². The highest BCUT2D eigenvalue weighted by Crippen LogP contribution is 2.21. The zero-order valence-electron chi connectivity index (χ0n) is 11.1. The number of hydrogen-bond donors (Lipinski definition) is 2. The third-order valence-corrected chi connectivity index (χ3v) is 2.54. The van der Waals surface area contributed by atoms with Gasteiger partial charge in [0.05, 0.1) is 7.11 Å². The van der Waals surface area contributed by atoms with Crippen LogP contribution in [0, 0.1) is 20.8 Å². The standard InChI is InChI=1S/C13H18N2O3/c1-8-5-9(2)12(10(3)6-8)15-13(17)14-7-11(16)18-4/h5-6H,7H2,1-4H3,(H2,14,15,17). The number of anilines is 1. The fourth-order valence-electron chi connectivity index (χ4n) is 1.76. The second-order valence-corrected chi connectivity index (χ2v) is 4.16. The molecule has 2 N–H and O–H groups in total. The van der Waals surface area contributed by atoms with Gasteiger partial charge in [0, 0.05) is 5.69 Å². The van der Waals surface area contributed by atoms with Crippen LogP contribution in [0.4, 0.5) is 10.5 Å². The van der Waals surface area contributed by atoms with Crippen LogP contribution in [0.3, 0.4) is 0 Å². The number of hydrogen-bond acceptors (Lipinski definition) is 3. The van der Waals surface area contributed by atoms with E-state index in [4.69, 9.17) is 0 Å². The van der Waals surface area contributed by atoms with E-state index in [1.807, 2.05) is 32.9 Å². The van der Waals surface area contributed by atoms with Crippen LogP contribution in [0.25, 0.3) is 0 Å². The van der Waals surface area contributed by atoms with Crippen LogP contribution < -0.4 is 10.6 Å². The van der Waals surface area contributed by atoms with Crippen LogP contribution in [0.2, 0.25) is 0 Å². The van der Waals surface area contributed by atoms with Crippen LogP contribution in [-0.2, 0) is 9.53 Å². The summed E-state index contributed by atoms with van der Waals surface area (Å²) >= 11 is 0. The predicted molar refractivity (Wildman–Crippen MR) is 69.7 cm³/mol. The van der Waals surface area contributed by atoms with Gasteiger partial charge in [0.2, 0.25) is 0 Å². The molecule has 0 heterocycles. The topological polar surface area (TPSA) is 67.4 Å². The minimum Gasteiger partial charge on any atom is -0.468 e. The Morgan fingerprint density at radius 2 is 1.72 bits per heavy atom. The fourth-order valence-corrected chi connectivity index (χ4v) is 1.76. The highest BCUT2D eigenvalue weighted by molar-refractivity contribution is 5.92. The molecule has 0 saturated heterocycles. The zero-order valence-corrected chi connectivity index (χ0v) is 11.1. The lowest BCUT2D eigenvalue weighted by Crippen LogP contribution is -2.34. The first-order valence-corrected chi connectivity index (χ1v) is 5.63. The molecule has 0 fully saturated rings. The van der Waals surface area contributed by atoms with Gasteiger partial charge in [0.15, 0.2) is 0 Å². The van der Waals surface area contributed by atoms with Gasteiger partial charge in [-0.3, -0.25) is 4.79 Å². The third kappa shape index (κ3) is 3.76. The Balaban J connectivity index is 2.68. The van der Waals surface area contributed by atoms with Gasteiger partial charge in [-0.15, -0.1) is 0 Å². The second-order valence-electron chi connectivity index (χ2n) is 4.16. The summed E-state index contributed by atoms with van der Waals surface area (Å²) in [5.74, 6) is -0.484. The highest BCUT2D eigenvalue weighted by Gasteiger charge is 2.09. The first-order chi connectivity index (χ1) is 8.43. The Kier molecular flexibility index (Phi) is 4.71. The maximum atomic E-state index is 11.6. The van der Waals surface area contributed by atoms with Crippen LogP contribution in [0.15, 0.2) is 12.1 Å². The van der Waals surface area contributed by atoms with Crippen molar-refractivity contribution in [2.45, 2.75) is 20.8 Å². The van der Waals surface area contributed by atoms with Gasteiger partial charge >= 0.3 is 12.0 Å². The number of carbonyl (C=O) groups is 2. The van der Waals surface area contributed by atoms with Crippen molar-refractivity contribution in [2.24, 2.45) is 0 Å². The largest absolute Gasteiger partial charge is 0.468 e. The van der Waals surface area contributed by atoms with Crippen molar-refractivity contribution < 1.29 is 14.3 Å². The molecule has 1 aromatic rings. The molecule has 0 aliphatic heterocycles. The molecule has 5 heteroatoms. The summed E-state index contributed by atoms with van der Waals surface area (Å²) in [4.78, 5) is 22.5. The molecule has 18 heavy (non-hydrogen) atoms. The molecule has 0 spiro atoms. The normalized spacial score (nSPS) is 9.78. The molecule has 0 bridgehead atoms. The van der Waals surface area contributed by atoms with Crippen molar-refractivity contribution in [3.63, 3.8) is 0 Å². The van der Waals surface area contributed by atoms with Crippen molar-refractivity contribution in [3.05, 3.63) is 28.8 Å². The maximum Gasteiger partial charge on any atom is 0.325 e. The van der Waals surface area contributed by atoms with E-state index in [0.717, 1.165) is 22.4 Å². The van der Waals surface area contributed by atoms with Gasteiger partial charge < -0.3 is 15.4 Å². The summed E-state index contributed by atoms with van der Waals surface area (Å²) in [5.41, 5.74) is 3.88. The smallest absolute Gasteiger partial charge is 0.325 e. The second kappa shape index (κ2) is 6.05. The fraction of sp³-hybridized carbons (Fsp3) is 0.385. The van der Waals surface area contributed by atoms with Gasteiger partial charge in [0.25, 0.3) is 0 Å². The number of methoxy groups -OCH3 is 1. The lowest BCUT2D eigenvalue weighted by molar-refractivity contribution is -0.139. The Labute approximate surface area is 107 Å². The summed E-state index contributed by atoms with van der Waals surface area (Å²) in [6.45, 7) is 5.71. The van der Waals surface area contributed by atoms with Gasteiger partial charge in [-0.1, -0.05) is 17.7 Å². The molecule has 0 saturated carbocycles. The SMILES string of the molecule is COC(=O)CNC(=O)Nc1c(C)cc(C)cc1C. The number of amides is 2. The van der Waals surface area contributed by atoms with Crippen LogP contribution >= 0.6 is 0 Å². The van der Waals surface area contributed by atoms with E-state index in [-0.39, 0.29) is 6.54 Å². The number of aryl methyl sites for hydroxylation is 3. The average molecular weight is 250 g/mol. The zero-order chi connectivity index (χ0) is 13.7. The summed E-state index contributed by atoms with van der Waals surface area (Å²) in [7, 11) is 1.27.